The highest BCUT2D eigenvalue weighted by Crippen LogP contribution is 2.26. The molecule has 0 amide bonds. The van der Waals surface area contributed by atoms with Crippen molar-refractivity contribution in [2.24, 2.45) is 0 Å². The highest BCUT2D eigenvalue weighted by atomic mass is 16.6. The Kier molecular flexibility index (Phi) is 4.98. The van der Waals surface area contributed by atoms with Crippen LogP contribution in [0.3, 0.4) is 0 Å². The summed E-state index contributed by atoms with van der Waals surface area (Å²) >= 11 is 0. The van der Waals surface area contributed by atoms with E-state index in [1.165, 1.54) is 18.2 Å². The number of aromatic nitrogens is 1. The number of carbonyl (C=O) groups excluding carboxylic acids is 1. The Balaban J connectivity index is 2.51. The van der Waals surface area contributed by atoms with Crippen LogP contribution < -0.4 is 0 Å². The quantitative estimate of drug-likeness (QED) is 0.367. The summed E-state index contributed by atoms with van der Waals surface area (Å²) in [5, 5.41) is 10.9. The molecule has 0 aliphatic carbocycles. The van der Waals surface area contributed by atoms with E-state index in [1.54, 1.807) is 43.6 Å². The lowest BCUT2D eigenvalue weighted by molar-refractivity contribution is -0.384. The molecule has 0 saturated carbocycles. The summed E-state index contributed by atoms with van der Waals surface area (Å²) in [5.41, 5.74) is 1.71. The molecular weight excluding hydrogens is 284 g/mol. The lowest BCUT2D eigenvalue weighted by atomic mass is 9.98. The van der Waals surface area contributed by atoms with Crippen LogP contribution >= 0.6 is 0 Å². The van der Waals surface area contributed by atoms with Crippen molar-refractivity contribution in [3.63, 3.8) is 0 Å². The Morgan fingerprint density at radius 1 is 1.32 bits per heavy atom. The summed E-state index contributed by atoms with van der Waals surface area (Å²) < 4.78 is 4.92. The zero-order valence-corrected chi connectivity index (χ0v) is 11.9. The van der Waals surface area contributed by atoms with Crippen LogP contribution in [0.1, 0.15) is 18.1 Å². The van der Waals surface area contributed by atoms with Crippen LogP contribution in [0.4, 0.5) is 5.69 Å². The lowest BCUT2D eigenvalue weighted by Gasteiger charge is -2.08. The monoisotopic (exact) mass is 298 g/mol. The molecule has 0 bridgehead atoms. The van der Waals surface area contributed by atoms with Gasteiger partial charge in [0.25, 0.3) is 5.69 Å². The second kappa shape index (κ2) is 7.12. The molecule has 0 aliphatic rings. The van der Waals surface area contributed by atoms with Crippen molar-refractivity contribution < 1.29 is 14.5 Å². The van der Waals surface area contributed by atoms with Crippen molar-refractivity contribution in [3.8, 4) is 0 Å². The van der Waals surface area contributed by atoms with E-state index in [0.29, 0.717) is 16.7 Å². The molecule has 1 aromatic heterocycles. The molecule has 22 heavy (non-hydrogen) atoms. The maximum atomic E-state index is 11.8. The predicted octanol–water partition coefficient (Wildman–Crippen LogP) is 2.98. The number of non-ortho nitro benzene ring substituents is 1. The molecule has 2 aromatic rings. The Labute approximate surface area is 127 Å². The summed E-state index contributed by atoms with van der Waals surface area (Å²) in [5.74, 6) is -0.507. The topological polar surface area (TPSA) is 82.3 Å². The van der Waals surface area contributed by atoms with E-state index < -0.39 is 10.9 Å². The Hall–Kier alpha value is -3.02. The van der Waals surface area contributed by atoms with Gasteiger partial charge < -0.3 is 4.74 Å². The zero-order chi connectivity index (χ0) is 15.9. The number of hydrogen-bond acceptors (Lipinski definition) is 5. The number of nitrogens with zero attached hydrogens (tertiary/aromatic N) is 2. The normalized spacial score (nSPS) is 11.0. The molecule has 0 N–H and O–H groups in total. The van der Waals surface area contributed by atoms with Crippen LogP contribution in [0, 0.1) is 10.1 Å². The Bertz CT molecular complexity index is 711. The summed E-state index contributed by atoms with van der Waals surface area (Å²) in [6.07, 6.45) is 4.52. The maximum Gasteiger partial charge on any atom is 0.331 e. The van der Waals surface area contributed by atoms with Crippen molar-refractivity contribution in [2.75, 3.05) is 6.61 Å². The first kappa shape index (κ1) is 15.4. The van der Waals surface area contributed by atoms with Crippen molar-refractivity contribution in [1.29, 1.82) is 0 Å². The smallest absolute Gasteiger partial charge is 0.331 e. The fraction of sp³-hybridized carbons (Fsp3) is 0.125. The van der Waals surface area contributed by atoms with Gasteiger partial charge in [0.05, 0.1) is 11.5 Å². The van der Waals surface area contributed by atoms with Gasteiger partial charge in [-0.2, -0.15) is 0 Å². The molecule has 0 unspecified atom stereocenters. The second-order valence-electron chi connectivity index (χ2n) is 4.36. The Morgan fingerprint density at radius 2 is 2.09 bits per heavy atom. The number of pyridine rings is 1. The van der Waals surface area contributed by atoms with E-state index >= 15 is 0 Å². The number of esters is 1. The third-order valence-electron chi connectivity index (χ3n) is 2.89. The fourth-order valence-corrected chi connectivity index (χ4v) is 1.94. The van der Waals surface area contributed by atoms with Gasteiger partial charge in [-0.25, -0.2) is 4.79 Å². The van der Waals surface area contributed by atoms with Crippen LogP contribution in [-0.2, 0) is 9.53 Å². The maximum absolute atomic E-state index is 11.8. The number of carbonyl (C=O) groups is 1. The van der Waals surface area contributed by atoms with E-state index in [0.717, 1.165) is 0 Å². The number of hydrogen-bond donors (Lipinski definition) is 0. The Morgan fingerprint density at radius 3 is 2.73 bits per heavy atom. The first-order chi connectivity index (χ1) is 10.6. The van der Waals surface area contributed by atoms with Crippen LogP contribution in [0.25, 0.3) is 5.57 Å². The number of nitro benzene ring substituents is 1. The van der Waals surface area contributed by atoms with Crippen LogP contribution in [0.15, 0.2) is 54.9 Å². The van der Waals surface area contributed by atoms with Crippen molar-refractivity contribution in [1.82, 2.24) is 4.98 Å². The SMILES string of the molecule is CCOC(=O)/C=C(/c1cccnc1)c1cccc([N+](=O)[O-])c1. The molecule has 0 saturated heterocycles. The largest absolute Gasteiger partial charge is 0.463 e. The highest BCUT2D eigenvalue weighted by Gasteiger charge is 2.12. The van der Waals surface area contributed by atoms with Crippen LogP contribution in [0.2, 0.25) is 0 Å². The first-order valence-electron chi connectivity index (χ1n) is 6.65. The van der Waals surface area contributed by atoms with Gasteiger partial charge in [0.1, 0.15) is 0 Å². The third-order valence-corrected chi connectivity index (χ3v) is 2.89. The van der Waals surface area contributed by atoms with Crippen LogP contribution in [-0.4, -0.2) is 22.5 Å². The lowest BCUT2D eigenvalue weighted by Crippen LogP contribution is -2.02. The fourth-order valence-electron chi connectivity index (χ4n) is 1.94. The molecule has 0 aliphatic heterocycles. The summed E-state index contributed by atoms with van der Waals surface area (Å²) in [7, 11) is 0. The van der Waals surface area contributed by atoms with E-state index in [4.69, 9.17) is 4.74 Å². The van der Waals surface area contributed by atoms with E-state index in [9.17, 15) is 14.9 Å². The molecule has 1 aromatic carbocycles. The van der Waals surface area contributed by atoms with Gasteiger partial charge >= 0.3 is 5.97 Å². The van der Waals surface area contributed by atoms with Crippen LogP contribution in [0.5, 0.6) is 0 Å². The minimum absolute atomic E-state index is 0.0452. The van der Waals surface area contributed by atoms with Gasteiger partial charge in [0, 0.05) is 36.2 Å². The summed E-state index contributed by atoms with van der Waals surface area (Å²) in [6.45, 7) is 1.97. The molecule has 112 valence electrons. The highest BCUT2D eigenvalue weighted by molar-refractivity contribution is 5.96. The van der Waals surface area contributed by atoms with Gasteiger partial charge in [-0.3, -0.25) is 15.1 Å². The zero-order valence-electron chi connectivity index (χ0n) is 11.9. The number of rotatable bonds is 5. The third kappa shape index (κ3) is 3.76. The van der Waals surface area contributed by atoms with Crippen molar-refractivity contribution in [3.05, 3.63) is 76.1 Å². The van der Waals surface area contributed by atoms with E-state index in [-0.39, 0.29) is 12.3 Å². The molecule has 6 nitrogen and oxygen atoms in total. The number of nitro groups is 1. The van der Waals surface area contributed by atoms with Gasteiger partial charge in [0.2, 0.25) is 0 Å². The molecule has 2 rings (SSSR count). The molecule has 1 heterocycles. The first-order valence-corrected chi connectivity index (χ1v) is 6.65. The summed E-state index contributed by atoms with van der Waals surface area (Å²) in [4.78, 5) is 26.2. The van der Waals surface area contributed by atoms with E-state index in [2.05, 4.69) is 4.98 Å². The van der Waals surface area contributed by atoms with Gasteiger partial charge in [-0.15, -0.1) is 0 Å². The molecule has 0 fully saturated rings. The van der Waals surface area contributed by atoms with Gasteiger partial charge in [0.15, 0.2) is 0 Å². The van der Waals surface area contributed by atoms with Gasteiger partial charge in [-0.1, -0.05) is 18.2 Å². The average Bonchev–Trinajstić information content (AvgIpc) is 2.54. The predicted molar refractivity (Wildman–Crippen MR) is 81.0 cm³/mol. The van der Waals surface area contributed by atoms with Crippen molar-refractivity contribution >= 4 is 17.2 Å². The number of ether oxygens (including phenoxy) is 1. The second-order valence-corrected chi connectivity index (χ2v) is 4.36. The van der Waals surface area contributed by atoms with Crippen molar-refractivity contribution in [2.45, 2.75) is 6.92 Å². The molecule has 0 radical (unpaired) electrons. The standard InChI is InChI=1S/C16H14N2O4/c1-2-22-16(19)10-15(13-6-4-8-17-11-13)12-5-3-7-14(9-12)18(20)21/h3-11H,2H2,1H3/b15-10+. The van der Waals surface area contributed by atoms with Gasteiger partial charge in [-0.05, 0) is 24.1 Å². The average molecular weight is 298 g/mol. The number of benzene rings is 1. The van der Waals surface area contributed by atoms with E-state index in [1.807, 2.05) is 0 Å². The summed E-state index contributed by atoms with van der Waals surface area (Å²) in [6, 6.07) is 9.59. The molecular formula is C16H14N2O4. The molecule has 0 spiro atoms. The molecule has 6 heteroatoms. The minimum Gasteiger partial charge on any atom is -0.463 e. The minimum atomic E-state index is -0.507. The molecule has 0 atom stereocenters.